The molecule has 2 heterocycles. The van der Waals surface area contributed by atoms with Gasteiger partial charge in [-0.3, -0.25) is 0 Å². The van der Waals surface area contributed by atoms with E-state index in [-0.39, 0.29) is 0 Å². The van der Waals surface area contributed by atoms with Crippen molar-refractivity contribution in [2.45, 2.75) is 6.42 Å². The Bertz CT molecular complexity index is 535. The number of aromatic nitrogens is 1. The van der Waals surface area contributed by atoms with Crippen LogP contribution >= 0.6 is 11.3 Å². The third-order valence-corrected chi connectivity index (χ3v) is 3.12. The summed E-state index contributed by atoms with van der Waals surface area (Å²) in [6.07, 6.45) is 0.784. The fourth-order valence-electron chi connectivity index (χ4n) is 1.56. The van der Waals surface area contributed by atoms with E-state index in [2.05, 4.69) is 16.4 Å². The molecule has 0 N–H and O–H groups in total. The van der Waals surface area contributed by atoms with Gasteiger partial charge in [-0.25, -0.2) is 4.98 Å². The molecular formula is C12H9NOS. The largest absolute Gasteiger partial charge is 0.440 e. The second-order valence-corrected chi connectivity index (χ2v) is 4.36. The molecule has 0 bridgehead atoms. The summed E-state index contributed by atoms with van der Waals surface area (Å²) in [7, 11) is 0. The van der Waals surface area contributed by atoms with Gasteiger partial charge < -0.3 is 4.42 Å². The molecule has 0 unspecified atom stereocenters. The first-order valence-electron chi connectivity index (χ1n) is 4.79. The predicted molar refractivity (Wildman–Crippen MR) is 61.1 cm³/mol. The fraction of sp³-hybridized carbons (Fsp3) is 0.0833. The van der Waals surface area contributed by atoms with Crippen LogP contribution in [0.5, 0.6) is 0 Å². The quantitative estimate of drug-likeness (QED) is 0.654. The number of hydrogen-bond acceptors (Lipinski definition) is 3. The maximum atomic E-state index is 5.64. The summed E-state index contributed by atoms with van der Waals surface area (Å²) in [5.41, 5.74) is 1.80. The normalized spacial score (nSPS) is 10.9. The zero-order chi connectivity index (χ0) is 10.1. The summed E-state index contributed by atoms with van der Waals surface area (Å²) in [6, 6.07) is 12.0. The standard InChI is InChI=1S/C12H9NOS/c1-2-6-11-10(5-1)13-12(14-11)8-9-4-3-7-15-9/h1-7H,8H2. The Labute approximate surface area is 91.2 Å². The number of oxazole rings is 1. The predicted octanol–water partition coefficient (Wildman–Crippen LogP) is 3.48. The highest BCUT2D eigenvalue weighted by molar-refractivity contribution is 7.09. The molecule has 3 rings (SSSR count). The van der Waals surface area contributed by atoms with Crippen LogP contribution in [0, 0.1) is 0 Å². The van der Waals surface area contributed by atoms with Crippen molar-refractivity contribution in [2.75, 3.05) is 0 Å². The topological polar surface area (TPSA) is 26.0 Å². The Hall–Kier alpha value is -1.61. The molecule has 1 aromatic carbocycles. The monoisotopic (exact) mass is 215 g/mol. The van der Waals surface area contributed by atoms with E-state index >= 15 is 0 Å². The SMILES string of the molecule is c1csc(Cc2nc3ccccc3o2)c1. The van der Waals surface area contributed by atoms with E-state index in [0.717, 1.165) is 23.4 Å². The molecule has 0 saturated heterocycles. The van der Waals surface area contributed by atoms with Gasteiger partial charge in [0.1, 0.15) is 5.52 Å². The van der Waals surface area contributed by atoms with Crippen molar-refractivity contribution < 1.29 is 4.42 Å². The van der Waals surface area contributed by atoms with Crippen molar-refractivity contribution in [1.29, 1.82) is 0 Å². The van der Waals surface area contributed by atoms with Gasteiger partial charge in [0.2, 0.25) is 5.89 Å². The van der Waals surface area contributed by atoms with Crippen LogP contribution in [0.15, 0.2) is 46.2 Å². The first-order chi connectivity index (χ1) is 7.42. The van der Waals surface area contributed by atoms with Gasteiger partial charge in [-0.15, -0.1) is 11.3 Å². The molecule has 74 valence electrons. The first-order valence-corrected chi connectivity index (χ1v) is 5.66. The average molecular weight is 215 g/mol. The molecule has 0 radical (unpaired) electrons. The Morgan fingerprint density at radius 3 is 2.87 bits per heavy atom. The molecule has 15 heavy (non-hydrogen) atoms. The Morgan fingerprint density at radius 1 is 1.13 bits per heavy atom. The third-order valence-electron chi connectivity index (χ3n) is 2.24. The number of hydrogen-bond donors (Lipinski definition) is 0. The van der Waals surface area contributed by atoms with E-state index in [9.17, 15) is 0 Å². The van der Waals surface area contributed by atoms with Crippen molar-refractivity contribution in [3.05, 3.63) is 52.5 Å². The molecular weight excluding hydrogens is 206 g/mol. The summed E-state index contributed by atoms with van der Waals surface area (Å²) >= 11 is 1.73. The highest BCUT2D eigenvalue weighted by Crippen LogP contribution is 2.19. The van der Waals surface area contributed by atoms with Crippen LogP contribution < -0.4 is 0 Å². The Kier molecular flexibility index (Phi) is 2.03. The van der Waals surface area contributed by atoms with Gasteiger partial charge >= 0.3 is 0 Å². The minimum Gasteiger partial charge on any atom is -0.440 e. The van der Waals surface area contributed by atoms with Crippen molar-refractivity contribution >= 4 is 22.4 Å². The minimum atomic E-state index is 0.784. The number of rotatable bonds is 2. The smallest absolute Gasteiger partial charge is 0.200 e. The number of para-hydroxylation sites is 2. The van der Waals surface area contributed by atoms with Gasteiger partial charge in [0, 0.05) is 4.88 Å². The van der Waals surface area contributed by atoms with Crippen LogP contribution in [-0.4, -0.2) is 4.98 Å². The summed E-state index contributed by atoms with van der Waals surface area (Å²) < 4.78 is 5.64. The van der Waals surface area contributed by atoms with Crippen LogP contribution in [0.3, 0.4) is 0 Å². The lowest BCUT2D eigenvalue weighted by Crippen LogP contribution is -1.82. The average Bonchev–Trinajstić information content (AvgIpc) is 2.86. The van der Waals surface area contributed by atoms with Crippen LogP contribution in [0.2, 0.25) is 0 Å². The molecule has 0 aliphatic rings. The minimum absolute atomic E-state index is 0.784. The lowest BCUT2D eigenvalue weighted by atomic mass is 10.3. The van der Waals surface area contributed by atoms with E-state index in [4.69, 9.17) is 4.42 Å². The van der Waals surface area contributed by atoms with Crippen LogP contribution in [-0.2, 0) is 6.42 Å². The zero-order valence-corrected chi connectivity index (χ0v) is 8.83. The van der Waals surface area contributed by atoms with E-state index in [1.165, 1.54) is 4.88 Å². The van der Waals surface area contributed by atoms with Gasteiger partial charge in [-0.1, -0.05) is 18.2 Å². The molecule has 0 aliphatic carbocycles. The highest BCUT2D eigenvalue weighted by atomic mass is 32.1. The van der Waals surface area contributed by atoms with Gasteiger partial charge in [0.05, 0.1) is 6.42 Å². The van der Waals surface area contributed by atoms with E-state index in [1.54, 1.807) is 11.3 Å². The molecule has 3 aromatic rings. The number of thiophene rings is 1. The van der Waals surface area contributed by atoms with Crippen LogP contribution in [0.4, 0.5) is 0 Å². The van der Waals surface area contributed by atoms with E-state index in [1.807, 2.05) is 30.3 Å². The van der Waals surface area contributed by atoms with E-state index < -0.39 is 0 Å². The van der Waals surface area contributed by atoms with Crippen LogP contribution in [0.25, 0.3) is 11.1 Å². The third kappa shape index (κ3) is 1.66. The molecule has 2 nitrogen and oxygen atoms in total. The Morgan fingerprint density at radius 2 is 2.07 bits per heavy atom. The van der Waals surface area contributed by atoms with Crippen molar-refractivity contribution in [1.82, 2.24) is 4.98 Å². The number of fused-ring (bicyclic) bond motifs is 1. The second kappa shape index (κ2) is 3.51. The Balaban J connectivity index is 1.98. The van der Waals surface area contributed by atoms with Crippen LogP contribution in [0.1, 0.15) is 10.8 Å². The maximum Gasteiger partial charge on any atom is 0.200 e. The summed E-state index contributed by atoms with van der Waals surface area (Å²) in [5.74, 6) is 0.790. The molecule has 0 saturated carbocycles. The first kappa shape index (κ1) is 8.68. The van der Waals surface area contributed by atoms with Gasteiger partial charge in [0.15, 0.2) is 5.58 Å². The zero-order valence-electron chi connectivity index (χ0n) is 8.01. The van der Waals surface area contributed by atoms with Gasteiger partial charge in [0.25, 0.3) is 0 Å². The molecule has 0 aliphatic heterocycles. The molecule has 2 aromatic heterocycles. The van der Waals surface area contributed by atoms with Crippen molar-refractivity contribution in [2.24, 2.45) is 0 Å². The lowest BCUT2D eigenvalue weighted by molar-refractivity contribution is 0.545. The fourth-order valence-corrected chi connectivity index (χ4v) is 2.25. The molecule has 0 atom stereocenters. The van der Waals surface area contributed by atoms with E-state index in [0.29, 0.717) is 0 Å². The maximum absolute atomic E-state index is 5.64. The van der Waals surface area contributed by atoms with Gasteiger partial charge in [-0.2, -0.15) is 0 Å². The molecule has 3 heteroatoms. The summed E-state index contributed by atoms with van der Waals surface area (Å²) in [5, 5.41) is 2.07. The number of benzene rings is 1. The van der Waals surface area contributed by atoms with Crippen molar-refractivity contribution in [3.8, 4) is 0 Å². The lowest BCUT2D eigenvalue weighted by Gasteiger charge is -1.88. The molecule has 0 fully saturated rings. The second-order valence-electron chi connectivity index (χ2n) is 3.33. The highest BCUT2D eigenvalue weighted by Gasteiger charge is 2.05. The summed E-state index contributed by atoms with van der Waals surface area (Å²) in [6.45, 7) is 0. The van der Waals surface area contributed by atoms with Crippen molar-refractivity contribution in [3.63, 3.8) is 0 Å². The van der Waals surface area contributed by atoms with Gasteiger partial charge in [-0.05, 0) is 23.6 Å². The molecule has 0 amide bonds. The molecule has 0 spiro atoms. The summed E-state index contributed by atoms with van der Waals surface area (Å²) in [4.78, 5) is 5.71. The number of nitrogens with zero attached hydrogens (tertiary/aromatic N) is 1.